The third-order valence-corrected chi connectivity index (χ3v) is 3.42. The van der Waals surface area contributed by atoms with Gasteiger partial charge in [-0.1, -0.05) is 30.3 Å². The van der Waals surface area contributed by atoms with Crippen molar-refractivity contribution in [3.63, 3.8) is 0 Å². The number of benzene rings is 2. The van der Waals surface area contributed by atoms with Gasteiger partial charge in [0.05, 0.1) is 0 Å². The fourth-order valence-electron chi connectivity index (χ4n) is 2.30. The monoisotopic (exact) mass is 250 g/mol. The summed E-state index contributed by atoms with van der Waals surface area (Å²) in [4.78, 5) is 0. The lowest BCUT2D eigenvalue weighted by atomic mass is 10.1. The van der Waals surface area contributed by atoms with Crippen LogP contribution in [0.3, 0.4) is 0 Å². The maximum absolute atomic E-state index is 3.48. The van der Waals surface area contributed by atoms with E-state index >= 15 is 0 Å². The normalized spacial score (nSPS) is 10.8. The van der Waals surface area contributed by atoms with Crippen LogP contribution in [0.25, 0.3) is 10.8 Å². The molecule has 2 nitrogen and oxygen atoms in total. The number of rotatable bonds is 4. The van der Waals surface area contributed by atoms with Crippen molar-refractivity contribution in [3.8, 4) is 0 Å². The molecule has 0 aliphatic carbocycles. The van der Waals surface area contributed by atoms with E-state index in [0.717, 1.165) is 13.1 Å². The largest absolute Gasteiger partial charge is 0.381 e. The lowest BCUT2D eigenvalue weighted by Crippen LogP contribution is -1.98. The molecule has 0 saturated heterocycles. The molecule has 1 heterocycles. The minimum atomic E-state index is 0.866. The number of hydrogen-bond donors (Lipinski definition) is 1. The van der Waals surface area contributed by atoms with E-state index in [0.29, 0.717) is 0 Å². The van der Waals surface area contributed by atoms with Gasteiger partial charge in [0.2, 0.25) is 0 Å². The van der Waals surface area contributed by atoms with E-state index in [1.165, 1.54) is 22.0 Å². The van der Waals surface area contributed by atoms with E-state index in [-0.39, 0.29) is 0 Å². The first-order valence-electron chi connectivity index (χ1n) is 6.72. The standard InChI is InChI=1S/C17H18N2/c1-2-19-10-9-14(13-19)12-18-17-8-7-15-5-3-4-6-16(15)11-17/h3-11,13,18H,2,12H2,1H3. The Kier molecular flexibility index (Phi) is 3.23. The summed E-state index contributed by atoms with van der Waals surface area (Å²) in [5.41, 5.74) is 2.48. The minimum Gasteiger partial charge on any atom is -0.381 e. The van der Waals surface area contributed by atoms with Crippen molar-refractivity contribution in [1.82, 2.24) is 4.57 Å². The van der Waals surface area contributed by atoms with Gasteiger partial charge < -0.3 is 9.88 Å². The molecule has 0 bridgehead atoms. The molecule has 1 aromatic heterocycles. The van der Waals surface area contributed by atoms with Gasteiger partial charge >= 0.3 is 0 Å². The first kappa shape index (κ1) is 11.8. The highest BCUT2D eigenvalue weighted by Crippen LogP contribution is 2.19. The maximum Gasteiger partial charge on any atom is 0.0415 e. The van der Waals surface area contributed by atoms with Gasteiger partial charge in [0.25, 0.3) is 0 Å². The van der Waals surface area contributed by atoms with Crippen molar-refractivity contribution in [2.75, 3.05) is 5.32 Å². The number of hydrogen-bond acceptors (Lipinski definition) is 1. The molecule has 0 atom stereocenters. The number of nitrogens with zero attached hydrogens (tertiary/aromatic N) is 1. The van der Waals surface area contributed by atoms with Crippen molar-refractivity contribution in [3.05, 3.63) is 66.5 Å². The first-order chi connectivity index (χ1) is 9.35. The Hall–Kier alpha value is -2.22. The molecule has 0 radical (unpaired) electrons. The van der Waals surface area contributed by atoms with Crippen LogP contribution in [0, 0.1) is 0 Å². The van der Waals surface area contributed by atoms with E-state index in [2.05, 4.69) is 77.7 Å². The summed E-state index contributed by atoms with van der Waals surface area (Å²) in [6.45, 7) is 4.04. The Morgan fingerprint density at radius 3 is 2.63 bits per heavy atom. The van der Waals surface area contributed by atoms with Crippen molar-refractivity contribution in [2.45, 2.75) is 20.0 Å². The molecule has 0 amide bonds. The zero-order chi connectivity index (χ0) is 13.1. The Morgan fingerprint density at radius 1 is 1.00 bits per heavy atom. The second-order valence-electron chi connectivity index (χ2n) is 4.77. The van der Waals surface area contributed by atoms with Gasteiger partial charge in [0, 0.05) is 31.2 Å². The number of aromatic nitrogens is 1. The van der Waals surface area contributed by atoms with Crippen LogP contribution in [0.5, 0.6) is 0 Å². The smallest absolute Gasteiger partial charge is 0.0415 e. The summed E-state index contributed by atoms with van der Waals surface area (Å²) in [6, 6.07) is 17.1. The summed E-state index contributed by atoms with van der Waals surface area (Å²) in [7, 11) is 0. The molecule has 19 heavy (non-hydrogen) atoms. The third kappa shape index (κ3) is 2.63. The summed E-state index contributed by atoms with van der Waals surface area (Å²) < 4.78 is 2.19. The average molecular weight is 250 g/mol. The van der Waals surface area contributed by atoms with Gasteiger partial charge in [-0.15, -0.1) is 0 Å². The maximum atomic E-state index is 3.48. The molecule has 2 heteroatoms. The van der Waals surface area contributed by atoms with Gasteiger partial charge in [-0.25, -0.2) is 0 Å². The Labute approximate surface area is 113 Å². The van der Waals surface area contributed by atoms with E-state index in [9.17, 15) is 0 Å². The molecule has 1 N–H and O–H groups in total. The Balaban J connectivity index is 1.74. The molecule has 0 spiro atoms. The molecule has 3 rings (SSSR count). The van der Waals surface area contributed by atoms with Crippen LogP contribution in [0.2, 0.25) is 0 Å². The third-order valence-electron chi connectivity index (χ3n) is 3.42. The van der Waals surface area contributed by atoms with E-state index in [4.69, 9.17) is 0 Å². The van der Waals surface area contributed by atoms with Crippen LogP contribution in [-0.4, -0.2) is 4.57 Å². The zero-order valence-corrected chi connectivity index (χ0v) is 11.1. The van der Waals surface area contributed by atoms with E-state index in [1.54, 1.807) is 0 Å². The molecular formula is C17H18N2. The van der Waals surface area contributed by atoms with Crippen LogP contribution in [0.15, 0.2) is 60.9 Å². The summed E-state index contributed by atoms with van der Waals surface area (Å²) in [5, 5.41) is 6.04. The molecule has 0 fully saturated rings. The van der Waals surface area contributed by atoms with Gasteiger partial charge in [-0.3, -0.25) is 0 Å². The molecular weight excluding hydrogens is 232 g/mol. The van der Waals surface area contributed by atoms with E-state index < -0.39 is 0 Å². The molecule has 0 aliphatic heterocycles. The number of fused-ring (bicyclic) bond motifs is 1. The molecule has 2 aromatic carbocycles. The zero-order valence-electron chi connectivity index (χ0n) is 11.1. The molecule has 96 valence electrons. The van der Waals surface area contributed by atoms with Crippen molar-refractivity contribution in [1.29, 1.82) is 0 Å². The van der Waals surface area contributed by atoms with Crippen molar-refractivity contribution < 1.29 is 0 Å². The molecule has 0 aliphatic rings. The summed E-state index contributed by atoms with van der Waals surface area (Å²) >= 11 is 0. The first-order valence-corrected chi connectivity index (χ1v) is 6.72. The minimum absolute atomic E-state index is 0.866. The second kappa shape index (κ2) is 5.19. The molecule has 3 aromatic rings. The fourth-order valence-corrected chi connectivity index (χ4v) is 2.30. The van der Waals surface area contributed by atoms with Gasteiger partial charge in [0.1, 0.15) is 0 Å². The van der Waals surface area contributed by atoms with Crippen LogP contribution in [0.4, 0.5) is 5.69 Å². The predicted molar refractivity (Wildman–Crippen MR) is 81.4 cm³/mol. The molecule has 0 saturated carbocycles. The highest BCUT2D eigenvalue weighted by Gasteiger charge is 1.98. The highest BCUT2D eigenvalue weighted by atomic mass is 14.9. The van der Waals surface area contributed by atoms with E-state index in [1.807, 2.05) is 0 Å². The lowest BCUT2D eigenvalue weighted by Gasteiger charge is -2.06. The van der Waals surface area contributed by atoms with Gasteiger partial charge in [-0.05, 0) is 41.5 Å². The summed E-state index contributed by atoms with van der Waals surface area (Å²) in [5.74, 6) is 0. The summed E-state index contributed by atoms with van der Waals surface area (Å²) in [6.07, 6.45) is 4.31. The van der Waals surface area contributed by atoms with Crippen LogP contribution >= 0.6 is 0 Å². The number of nitrogens with one attached hydrogen (secondary N) is 1. The molecule has 0 unspecified atom stereocenters. The number of anilines is 1. The van der Waals surface area contributed by atoms with Gasteiger partial charge in [-0.2, -0.15) is 0 Å². The van der Waals surface area contributed by atoms with Gasteiger partial charge in [0.15, 0.2) is 0 Å². The quantitative estimate of drug-likeness (QED) is 0.731. The lowest BCUT2D eigenvalue weighted by molar-refractivity contribution is 0.766. The van der Waals surface area contributed by atoms with Crippen LogP contribution in [-0.2, 0) is 13.1 Å². The average Bonchev–Trinajstić information content (AvgIpc) is 2.93. The number of aryl methyl sites for hydroxylation is 1. The predicted octanol–water partition coefficient (Wildman–Crippen LogP) is 4.27. The van der Waals surface area contributed by atoms with Crippen LogP contribution < -0.4 is 5.32 Å². The van der Waals surface area contributed by atoms with Crippen LogP contribution in [0.1, 0.15) is 12.5 Å². The van der Waals surface area contributed by atoms with Crippen molar-refractivity contribution >= 4 is 16.5 Å². The fraction of sp³-hybridized carbons (Fsp3) is 0.176. The highest BCUT2D eigenvalue weighted by molar-refractivity contribution is 5.85. The Morgan fingerprint density at radius 2 is 1.84 bits per heavy atom. The Bertz CT molecular complexity index is 682. The SMILES string of the molecule is CCn1ccc(CNc2ccc3ccccc3c2)c1. The van der Waals surface area contributed by atoms with Crippen molar-refractivity contribution in [2.24, 2.45) is 0 Å². The topological polar surface area (TPSA) is 17.0 Å². The second-order valence-corrected chi connectivity index (χ2v) is 4.77.